The molecule has 2 nitrogen and oxygen atoms in total. The monoisotopic (exact) mass is 226 g/mol. The Morgan fingerprint density at radius 1 is 1.12 bits per heavy atom. The van der Waals surface area contributed by atoms with E-state index in [1.54, 1.807) is 18.0 Å². The predicted octanol–water partition coefficient (Wildman–Crippen LogP) is 3.25. The summed E-state index contributed by atoms with van der Waals surface area (Å²) in [5.74, 6) is 0.779. The fourth-order valence-corrected chi connectivity index (χ4v) is 2.24. The first-order valence-electron chi connectivity index (χ1n) is 4.92. The molecule has 78 valence electrons. The van der Waals surface area contributed by atoms with E-state index < -0.39 is 0 Å². The molecule has 0 aliphatic rings. The van der Waals surface area contributed by atoms with Gasteiger partial charge in [-0.05, 0) is 23.8 Å². The summed E-state index contributed by atoms with van der Waals surface area (Å²) in [4.78, 5) is 5.24. The van der Waals surface area contributed by atoms with Crippen molar-refractivity contribution in [1.29, 1.82) is 5.26 Å². The number of benzene rings is 1. The Hall–Kier alpha value is -1.79. The van der Waals surface area contributed by atoms with Crippen LogP contribution in [-0.2, 0) is 5.75 Å². The molecule has 0 amide bonds. The minimum atomic E-state index is 0.519. The molecule has 0 bridgehead atoms. The summed E-state index contributed by atoms with van der Waals surface area (Å²) in [5.41, 5.74) is 1.50. The molecule has 0 spiro atoms. The minimum Gasteiger partial charge on any atom is -0.245 e. The lowest BCUT2D eigenvalue weighted by atomic mass is 10.2. The Balaban J connectivity index is 2.09. The van der Waals surface area contributed by atoms with Crippen LogP contribution in [0.3, 0.4) is 0 Å². The highest BCUT2D eigenvalue weighted by atomic mass is 32.2. The van der Waals surface area contributed by atoms with Crippen LogP contribution in [0, 0.1) is 11.3 Å². The quantitative estimate of drug-likeness (QED) is 0.754. The summed E-state index contributed by atoms with van der Waals surface area (Å²) >= 11 is 1.71. The van der Waals surface area contributed by atoms with E-state index in [0.29, 0.717) is 5.69 Å². The van der Waals surface area contributed by atoms with Crippen LogP contribution < -0.4 is 0 Å². The fraction of sp³-hybridized carbons (Fsp3) is 0.0769. The molecular formula is C13H10N2S. The van der Waals surface area contributed by atoms with Crippen molar-refractivity contribution in [2.75, 3.05) is 0 Å². The smallest absolute Gasteiger partial charge is 0.144 e. The Kier molecular flexibility index (Phi) is 3.58. The number of pyridine rings is 1. The van der Waals surface area contributed by atoms with Gasteiger partial charge in [-0.25, -0.2) is 4.98 Å². The van der Waals surface area contributed by atoms with Crippen molar-refractivity contribution in [2.45, 2.75) is 10.6 Å². The third-order valence-electron chi connectivity index (χ3n) is 2.13. The van der Waals surface area contributed by atoms with Crippen LogP contribution in [0.15, 0.2) is 53.6 Å². The molecule has 2 aromatic rings. The molecule has 3 heteroatoms. The maximum atomic E-state index is 8.89. The van der Waals surface area contributed by atoms with E-state index >= 15 is 0 Å². The van der Waals surface area contributed by atoms with Crippen LogP contribution in [0.25, 0.3) is 0 Å². The molecule has 1 heterocycles. The zero-order valence-electron chi connectivity index (χ0n) is 8.63. The number of aromatic nitrogens is 1. The molecule has 0 fully saturated rings. The number of thioether (sulfide) groups is 1. The van der Waals surface area contributed by atoms with Crippen LogP contribution in [0.1, 0.15) is 11.3 Å². The lowest BCUT2D eigenvalue weighted by Gasteiger charge is -2.02. The number of rotatable bonds is 3. The molecule has 1 aromatic carbocycles. The second-order valence-corrected chi connectivity index (χ2v) is 4.27. The highest BCUT2D eigenvalue weighted by Gasteiger charge is 2.02. The van der Waals surface area contributed by atoms with E-state index in [4.69, 9.17) is 5.26 Å². The maximum absolute atomic E-state index is 8.89. The molecule has 0 aliphatic carbocycles. The predicted molar refractivity (Wildman–Crippen MR) is 65.0 cm³/mol. The van der Waals surface area contributed by atoms with Gasteiger partial charge in [0.1, 0.15) is 11.8 Å². The Morgan fingerprint density at radius 3 is 2.69 bits per heavy atom. The van der Waals surface area contributed by atoms with Gasteiger partial charge in [0.25, 0.3) is 0 Å². The van der Waals surface area contributed by atoms with Crippen molar-refractivity contribution in [3.8, 4) is 6.07 Å². The van der Waals surface area contributed by atoms with Gasteiger partial charge in [-0.1, -0.05) is 24.3 Å². The fourth-order valence-electron chi connectivity index (χ4n) is 1.33. The standard InChI is InChI=1S/C13H10N2S/c14-9-13-11(5-4-8-15-13)10-16-12-6-2-1-3-7-12/h1-8H,10H2. The van der Waals surface area contributed by atoms with Crippen LogP contribution in [-0.4, -0.2) is 4.98 Å². The first-order chi connectivity index (χ1) is 7.90. The second-order valence-electron chi connectivity index (χ2n) is 3.22. The van der Waals surface area contributed by atoms with Gasteiger partial charge < -0.3 is 0 Å². The van der Waals surface area contributed by atoms with Gasteiger partial charge in [-0.3, -0.25) is 0 Å². The van der Waals surface area contributed by atoms with Crippen LogP contribution >= 0.6 is 11.8 Å². The van der Waals surface area contributed by atoms with Crippen molar-refractivity contribution >= 4 is 11.8 Å². The largest absolute Gasteiger partial charge is 0.245 e. The van der Waals surface area contributed by atoms with E-state index in [-0.39, 0.29) is 0 Å². The van der Waals surface area contributed by atoms with Crippen molar-refractivity contribution in [1.82, 2.24) is 4.98 Å². The van der Waals surface area contributed by atoms with Crippen LogP contribution in [0.4, 0.5) is 0 Å². The van der Waals surface area contributed by atoms with E-state index in [1.807, 2.05) is 30.3 Å². The lowest BCUT2D eigenvalue weighted by Crippen LogP contribution is -1.90. The molecule has 0 radical (unpaired) electrons. The van der Waals surface area contributed by atoms with Gasteiger partial charge in [0, 0.05) is 16.8 Å². The summed E-state index contributed by atoms with van der Waals surface area (Å²) in [6.07, 6.45) is 1.65. The van der Waals surface area contributed by atoms with Crippen molar-refractivity contribution < 1.29 is 0 Å². The zero-order valence-corrected chi connectivity index (χ0v) is 9.45. The summed E-state index contributed by atoms with van der Waals surface area (Å²) in [6.45, 7) is 0. The Labute approximate surface area is 99.0 Å². The molecule has 16 heavy (non-hydrogen) atoms. The third kappa shape index (κ3) is 2.62. The van der Waals surface area contributed by atoms with Gasteiger partial charge in [0.2, 0.25) is 0 Å². The maximum Gasteiger partial charge on any atom is 0.144 e. The van der Waals surface area contributed by atoms with Gasteiger partial charge >= 0.3 is 0 Å². The summed E-state index contributed by atoms with van der Waals surface area (Å²) in [7, 11) is 0. The zero-order chi connectivity index (χ0) is 11.2. The molecule has 0 saturated heterocycles. The SMILES string of the molecule is N#Cc1ncccc1CSc1ccccc1. The number of hydrogen-bond acceptors (Lipinski definition) is 3. The topological polar surface area (TPSA) is 36.7 Å². The van der Waals surface area contributed by atoms with E-state index in [1.165, 1.54) is 4.90 Å². The highest BCUT2D eigenvalue weighted by molar-refractivity contribution is 7.98. The van der Waals surface area contributed by atoms with Crippen LogP contribution in [0.5, 0.6) is 0 Å². The molecule has 2 rings (SSSR count). The van der Waals surface area contributed by atoms with E-state index in [2.05, 4.69) is 23.2 Å². The highest BCUT2D eigenvalue weighted by Crippen LogP contribution is 2.22. The minimum absolute atomic E-state index is 0.519. The average molecular weight is 226 g/mol. The average Bonchev–Trinajstić information content (AvgIpc) is 2.38. The molecule has 0 unspecified atom stereocenters. The van der Waals surface area contributed by atoms with Gasteiger partial charge in [-0.2, -0.15) is 5.26 Å². The van der Waals surface area contributed by atoms with Crippen molar-refractivity contribution in [2.24, 2.45) is 0 Å². The lowest BCUT2D eigenvalue weighted by molar-refractivity contribution is 1.19. The van der Waals surface area contributed by atoms with Gasteiger partial charge in [-0.15, -0.1) is 11.8 Å². The third-order valence-corrected chi connectivity index (χ3v) is 3.20. The summed E-state index contributed by atoms with van der Waals surface area (Å²) in [6, 6.07) is 16.1. The number of nitrogens with zero attached hydrogens (tertiary/aromatic N) is 2. The molecule has 0 saturated carbocycles. The van der Waals surface area contributed by atoms with Gasteiger partial charge in [0.15, 0.2) is 0 Å². The number of nitriles is 1. The Bertz CT molecular complexity index is 503. The first-order valence-corrected chi connectivity index (χ1v) is 5.90. The molecule has 0 atom stereocenters. The Morgan fingerprint density at radius 2 is 1.94 bits per heavy atom. The number of hydrogen-bond donors (Lipinski definition) is 0. The van der Waals surface area contributed by atoms with Crippen LogP contribution in [0.2, 0.25) is 0 Å². The summed E-state index contributed by atoms with van der Waals surface area (Å²) in [5, 5.41) is 8.89. The molecular weight excluding hydrogens is 216 g/mol. The molecule has 0 N–H and O–H groups in total. The van der Waals surface area contributed by atoms with Crippen molar-refractivity contribution in [3.63, 3.8) is 0 Å². The van der Waals surface area contributed by atoms with Crippen molar-refractivity contribution in [3.05, 3.63) is 59.9 Å². The molecule has 1 aromatic heterocycles. The van der Waals surface area contributed by atoms with Gasteiger partial charge in [0.05, 0.1) is 0 Å². The van der Waals surface area contributed by atoms with E-state index in [9.17, 15) is 0 Å². The van der Waals surface area contributed by atoms with E-state index in [0.717, 1.165) is 11.3 Å². The molecule has 0 aliphatic heterocycles. The normalized spacial score (nSPS) is 9.69. The second kappa shape index (κ2) is 5.34. The summed E-state index contributed by atoms with van der Waals surface area (Å²) < 4.78 is 0. The first kappa shape index (κ1) is 10.7.